The molecule has 5 nitrogen and oxygen atoms in total. The Morgan fingerprint density at radius 3 is 2.79 bits per heavy atom. The molecule has 1 aliphatic rings. The van der Waals surface area contributed by atoms with Crippen molar-refractivity contribution in [1.29, 1.82) is 0 Å². The molecule has 2 rings (SSSR count). The number of halogens is 1. The molecule has 2 amide bonds. The third kappa shape index (κ3) is 2.89. The van der Waals surface area contributed by atoms with Crippen molar-refractivity contribution in [3.8, 4) is 0 Å². The number of rotatable bonds is 2. The summed E-state index contributed by atoms with van der Waals surface area (Å²) in [5, 5.41) is 0. The molecule has 0 bridgehead atoms. The van der Waals surface area contributed by atoms with Crippen LogP contribution in [0.2, 0.25) is 0 Å². The van der Waals surface area contributed by atoms with Gasteiger partial charge in [-0.25, -0.2) is 4.98 Å². The van der Waals surface area contributed by atoms with Gasteiger partial charge in [0.15, 0.2) is 0 Å². The predicted molar refractivity (Wildman–Crippen MR) is 66.9 cm³/mol. The monoisotopic (exact) mass is 265 g/mol. The summed E-state index contributed by atoms with van der Waals surface area (Å²) in [5.41, 5.74) is 0.368. The Bertz CT molecular complexity index is 489. The topological polar surface area (TPSA) is 53.5 Å². The zero-order valence-electron chi connectivity index (χ0n) is 11.0. The highest BCUT2D eigenvalue weighted by Gasteiger charge is 2.30. The zero-order valence-corrected chi connectivity index (χ0v) is 11.0. The largest absolute Gasteiger partial charge is 0.341 e. The SMILES string of the molecule is CC(=O)N(C)C1CCN(C(=O)c2ccc(F)nc2)C1. The molecule has 0 spiro atoms. The van der Waals surface area contributed by atoms with E-state index < -0.39 is 5.95 Å². The quantitative estimate of drug-likeness (QED) is 0.747. The van der Waals surface area contributed by atoms with Crippen molar-refractivity contribution in [2.45, 2.75) is 19.4 Å². The number of nitrogens with zero attached hydrogens (tertiary/aromatic N) is 3. The van der Waals surface area contributed by atoms with Gasteiger partial charge in [-0.1, -0.05) is 0 Å². The molecule has 1 atom stereocenters. The number of pyridine rings is 1. The van der Waals surface area contributed by atoms with Gasteiger partial charge < -0.3 is 9.80 Å². The normalized spacial score (nSPS) is 18.5. The van der Waals surface area contributed by atoms with Crippen molar-refractivity contribution in [2.24, 2.45) is 0 Å². The molecule has 1 aromatic heterocycles. The van der Waals surface area contributed by atoms with Crippen molar-refractivity contribution in [2.75, 3.05) is 20.1 Å². The van der Waals surface area contributed by atoms with Crippen LogP contribution in [-0.2, 0) is 4.79 Å². The van der Waals surface area contributed by atoms with Crippen LogP contribution in [-0.4, -0.2) is 52.8 Å². The predicted octanol–water partition coefficient (Wildman–Crippen LogP) is 0.914. The lowest BCUT2D eigenvalue weighted by molar-refractivity contribution is -0.129. The summed E-state index contributed by atoms with van der Waals surface area (Å²) in [6.45, 7) is 2.61. The number of aromatic nitrogens is 1. The highest BCUT2D eigenvalue weighted by atomic mass is 19.1. The maximum absolute atomic E-state index is 12.7. The second-order valence-corrected chi connectivity index (χ2v) is 4.69. The van der Waals surface area contributed by atoms with Crippen LogP contribution in [0.4, 0.5) is 4.39 Å². The summed E-state index contributed by atoms with van der Waals surface area (Å²) >= 11 is 0. The fraction of sp³-hybridized carbons (Fsp3) is 0.462. The molecule has 102 valence electrons. The minimum absolute atomic E-state index is 0.0113. The second kappa shape index (κ2) is 5.34. The summed E-state index contributed by atoms with van der Waals surface area (Å²) in [6.07, 6.45) is 2.00. The van der Waals surface area contributed by atoms with E-state index in [-0.39, 0.29) is 17.9 Å². The lowest BCUT2D eigenvalue weighted by Crippen LogP contribution is -2.38. The van der Waals surface area contributed by atoms with Crippen molar-refractivity contribution < 1.29 is 14.0 Å². The van der Waals surface area contributed by atoms with Crippen molar-refractivity contribution in [3.05, 3.63) is 29.8 Å². The number of likely N-dealkylation sites (tertiary alicyclic amines) is 1. The van der Waals surface area contributed by atoms with Gasteiger partial charge >= 0.3 is 0 Å². The fourth-order valence-electron chi connectivity index (χ4n) is 2.18. The summed E-state index contributed by atoms with van der Waals surface area (Å²) in [6, 6.07) is 2.64. The number of carbonyl (C=O) groups is 2. The standard InChI is InChI=1S/C13H16FN3O2/c1-9(18)16(2)11-5-6-17(8-11)13(19)10-3-4-12(14)15-7-10/h3-4,7,11H,5-6,8H2,1-2H3. The van der Waals surface area contributed by atoms with Crippen LogP contribution in [0.3, 0.4) is 0 Å². The number of carbonyl (C=O) groups excluding carboxylic acids is 2. The fourth-order valence-corrected chi connectivity index (χ4v) is 2.18. The molecule has 0 aromatic carbocycles. The third-order valence-corrected chi connectivity index (χ3v) is 3.47. The van der Waals surface area contributed by atoms with Gasteiger partial charge in [-0.15, -0.1) is 0 Å². The number of amides is 2. The zero-order chi connectivity index (χ0) is 14.0. The van der Waals surface area contributed by atoms with E-state index in [1.807, 2.05) is 0 Å². The third-order valence-electron chi connectivity index (χ3n) is 3.47. The molecule has 0 N–H and O–H groups in total. The Hall–Kier alpha value is -1.98. The van der Waals surface area contributed by atoms with Gasteiger partial charge in [0, 0.05) is 33.3 Å². The smallest absolute Gasteiger partial charge is 0.255 e. The van der Waals surface area contributed by atoms with Crippen LogP contribution >= 0.6 is 0 Å². The van der Waals surface area contributed by atoms with E-state index in [4.69, 9.17) is 0 Å². The van der Waals surface area contributed by atoms with E-state index in [1.54, 1.807) is 16.8 Å². The lowest BCUT2D eigenvalue weighted by atomic mass is 10.2. The lowest BCUT2D eigenvalue weighted by Gasteiger charge is -2.23. The number of hydrogen-bond donors (Lipinski definition) is 0. The maximum atomic E-state index is 12.7. The second-order valence-electron chi connectivity index (χ2n) is 4.69. The van der Waals surface area contributed by atoms with Crippen LogP contribution in [0.1, 0.15) is 23.7 Å². The summed E-state index contributed by atoms with van der Waals surface area (Å²) in [5.74, 6) is -0.790. The Balaban J connectivity index is 2.02. The van der Waals surface area contributed by atoms with E-state index in [2.05, 4.69) is 4.98 Å². The van der Waals surface area contributed by atoms with Gasteiger partial charge in [0.05, 0.1) is 11.6 Å². The summed E-state index contributed by atoms with van der Waals surface area (Å²) in [7, 11) is 1.74. The molecule has 1 unspecified atom stereocenters. The first kappa shape index (κ1) is 13.5. The minimum Gasteiger partial charge on any atom is -0.341 e. The maximum Gasteiger partial charge on any atom is 0.255 e. The minimum atomic E-state index is -0.604. The Labute approximate surface area is 111 Å². The average Bonchev–Trinajstić information content (AvgIpc) is 2.87. The first-order chi connectivity index (χ1) is 8.99. The van der Waals surface area contributed by atoms with Gasteiger partial charge in [-0.05, 0) is 18.6 Å². The van der Waals surface area contributed by atoms with Crippen LogP contribution in [0.5, 0.6) is 0 Å². The van der Waals surface area contributed by atoms with Gasteiger partial charge in [-0.2, -0.15) is 4.39 Å². The molecule has 1 aliphatic heterocycles. The molecule has 6 heteroatoms. The molecule has 19 heavy (non-hydrogen) atoms. The van der Waals surface area contributed by atoms with Crippen molar-refractivity contribution >= 4 is 11.8 Å². The molecule has 0 radical (unpaired) electrons. The summed E-state index contributed by atoms with van der Waals surface area (Å²) in [4.78, 5) is 30.2. The Morgan fingerprint density at radius 2 is 2.21 bits per heavy atom. The average molecular weight is 265 g/mol. The van der Waals surface area contributed by atoms with Gasteiger partial charge in [0.1, 0.15) is 0 Å². The Morgan fingerprint density at radius 1 is 1.47 bits per heavy atom. The van der Waals surface area contributed by atoms with Gasteiger partial charge in [-0.3, -0.25) is 9.59 Å². The number of likely N-dealkylation sites (N-methyl/N-ethyl adjacent to an activating group) is 1. The van der Waals surface area contributed by atoms with E-state index in [9.17, 15) is 14.0 Å². The summed E-state index contributed by atoms with van der Waals surface area (Å²) < 4.78 is 12.7. The van der Waals surface area contributed by atoms with Crippen molar-refractivity contribution in [3.63, 3.8) is 0 Å². The highest BCUT2D eigenvalue weighted by Crippen LogP contribution is 2.17. The van der Waals surface area contributed by atoms with Crippen LogP contribution < -0.4 is 0 Å². The molecular formula is C13H16FN3O2. The van der Waals surface area contributed by atoms with Crippen LogP contribution in [0.25, 0.3) is 0 Å². The molecule has 1 saturated heterocycles. The van der Waals surface area contributed by atoms with Crippen LogP contribution in [0.15, 0.2) is 18.3 Å². The van der Waals surface area contributed by atoms with E-state index in [0.717, 1.165) is 6.42 Å². The molecule has 2 heterocycles. The van der Waals surface area contributed by atoms with Crippen LogP contribution in [0, 0.1) is 5.95 Å². The first-order valence-electron chi connectivity index (χ1n) is 6.13. The van der Waals surface area contributed by atoms with E-state index in [0.29, 0.717) is 18.7 Å². The Kier molecular flexibility index (Phi) is 3.78. The molecular weight excluding hydrogens is 249 g/mol. The van der Waals surface area contributed by atoms with E-state index in [1.165, 1.54) is 25.3 Å². The highest BCUT2D eigenvalue weighted by molar-refractivity contribution is 5.94. The van der Waals surface area contributed by atoms with E-state index >= 15 is 0 Å². The van der Waals surface area contributed by atoms with Gasteiger partial charge in [0.25, 0.3) is 5.91 Å². The first-order valence-corrected chi connectivity index (χ1v) is 6.13. The molecule has 0 saturated carbocycles. The van der Waals surface area contributed by atoms with Crippen molar-refractivity contribution in [1.82, 2.24) is 14.8 Å². The molecule has 1 aromatic rings. The van der Waals surface area contributed by atoms with Gasteiger partial charge in [0.2, 0.25) is 11.9 Å². The molecule has 1 fully saturated rings. The number of hydrogen-bond acceptors (Lipinski definition) is 3. The molecule has 0 aliphatic carbocycles.